The number of nitrogen functional groups attached to an aromatic ring is 1. The number of nitrogens with two attached hydrogens (primary N) is 1. The lowest BCUT2D eigenvalue weighted by Gasteiger charge is -2.17. The molecule has 0 radical (unpaired) electrons. The molecular formula is C11H17N5O. The van der Waals surface area contributed by atoms with Crippen LogP contribution in [-0.4, -0.2) is 35.4 Å². The Morgan fingerprint density at radius 2 is 2.47 bits per heavy atom. The zero-order chi connectivity index (χ0) is 12.1. The number of carbonyl (C=O) groups is 1. The first-order chi connectivity index (χ1) is 8.28. The van der Waals surface area contributed by atoms with Crippen LogP contribution in [0.4, 0.5) is 5.69 Å². The van der Waals surface area contributed by atoms with Gasteiger partial charge in [-0.25, -0.2) is 0 Å². The van der Waals surface area contributed by atoms with Gasteiger partial charge in [-0.15, -0.1) is 0 Å². The van der Waals surface area contributed by atoms with Gasteiger partial charge >= 0.3 is 0 Å². The van der Waals surface area contributed by atoms with E-state index in [2.05, 4.69) is 20.6 Å². The summed E-state index contributed by atoms with van der Waals surface area (Å²) in [6.07, 6.45) is 2.68. The van der Waals surface area contributed by atoms with Crippen molar-refractivity contribution in [2.75, 3.05) is 25.1 Å². The molecule has 1 aromatic heterocycles. The number of amides is 1. The molecule has 1 aliphatic heterocycles. The molecule has 1 aromatic rings. The molecule has 0 saturated carbocycles. The SMILES string of the molecule is NNc1ccnc(CN2CCCNC(=O)C2)c1. The van der Waals surface area contributed by atoms with Gasteiger partial charge in [0.25, 0.3) is 0 Å². The third-order valence-electron chi connectivity index (χ3n) is 2.71. The predicted octanol–water partition coefficient (Wildman–Crippen LogP) is -0.311. The van der Waals surface area contributed by atoms with E-state index < -0.39 is 0 Å². The molecule has 0 unspecified atom stereocenters. The predicted molar refractivity (Wildman–Crippen MR) is 65.0 cm³/mol. The van der Waals surface area contributed by atoms with Gasteiger partial charge < -0.3 is 10.7 Å². The summed E-state index contributed by atoms with van der Waals surface area (Å²) in [7, 11) is 0. The fourth-order valence-corrected chi connectivity index (χ4v) is 1.89. The highest BCUT2D eigenvalue weighted by molar-refractivity contribution is 5.78. The number of carbonyl (C=O) groups excluding carboxylic acids is 1. The van der Waals surface area contributed by atoms with Crippen LogP contribution in [0.1, 0.15) is 12.1 Å². The average Bonchev–Trinajstić information content (AvgIpc) is 2.54. The monoisotopic (exact) mass is 235 g/mol. The van der Waals surface area contributed by atoms with Crippen LogP contribution in [0.5, 0.6) is 0 Å². The summed E-state index contributed by atoms with van der Waals surface area (Å²) < 4.78 is 0. The molecule has 1 aliphatic rings. The Labute approximate surface area is 100 Å². The fourth-order valence-electron chi connectivity index (χ4n) is 1.89. The highest BCUT2D eigenvalue weighted by Crippen LogP contribution is 2.09. The third kappa shape index (κ3) is 3.40. The molecule has 6 nitrogen and oxygen atoms in total. The van der Waals surface area contributed by atoms with Crippen molar-refractivity contribution in [2.24, 2.45) is 5.84 Å². The normalized spacial score (nSPS) is 17.4. The topological polar surface area (TPSA) is 83.3 Å². The number of hydrazine groups is 1. The van der Waals surface area contributed by atoms with Gasteiger partial charge in [0.15, 0.2) is 0 Å². The van der Waals surface area contributed by atoms with Crippen LogP contribution in [0.3, 0.4) is 0 Å². The van der Waals surface area contributed by atoms with Crippen molar-refractivity contribution in [3.8, 4) is 0 Å². The van der Waals surface area contributed by atoms with Gasteiger partial charge in [-0.2, -0.15) is 0 Å². The van der Waals surface area contributed by atoms with Gasteiger partial charge in [-0.1, -0.05) is 0 Å². The van der Waals surface area contributed by atoms with Crippen LogP contribution in [0.2, 0.25) is 0 Å². The largest absolute Gasteiger partial charge is 0.355 e. The molecule has 1 amide bonds. The number of rotatable bonds is 3. The Balaban J connectivity index is 2.00. The highest BCUT2D eigenvalue weighted by Gasteiger charge is 2.15. The molecule has 0 spiro atoms. The van der Waals surface area contributed by atoms with E-state index in [1.807, 2.05) is 6.07 Å². The maximum Gasteiger partial charge on any atom is 0.234 e. The maximum absolute atomic E-state index is 11.4. The van der Waals surface area contributed by atoms with Crippen LogP contribution in [-0.2, 0) is 11.3 Å². The summed E-state index contributed by atoms with van der Waals surface area (Å²) in [5.74, 6) is 5.42. The van der Waals surface area contributed by atoms with Gasteiger partial charge in [0.2, 0.25) is 5.91 Å². The Morgan fingerprint density at radius 3 is 3.29 bits per heavy atom. The van der Waals surface area contributed by atoms with Crippen molar-refractivity contribution >= 4 is 11.6 Å². The minimum absolute atomic E-state index is 0.0793. The number of aromatic nitrogens is 1. The Bertz CT molecular complexity index is 395. The molecule has 0 atom stereocenters. The van der Waals surface area contributed by atoms with Gasteiger partial charge in [0.05, 0.1) is 17.9 Å². The van der Waals surface area contributed by atoms with Crippen molar-refractivity contribution in [3.63, 3.8) is 0 Å². The Hall–Kier alpha value is -1.66. The summed E-state index contributed by atoms with van der Waals surface area (Å²) in [4.78, 5) is 17.8. The molecule has 17 heavy (non-hydrogen) atoms. The first-order valence-corrected chi connectivity index (χ1v) is 5.68. The first-order valence-electron chi connectivity index (χ1n) is 5.68. The van der Waals surface area contributed by atoms with Crippen LogP contribution < -0.4 is 16.6 Å². The molecule has 2 heterocycles. The molecule has 4 N–H and O–H groups in total. The molecule has 2 rings (SSSR count). The lowest BCUT2D eigenvalue weighted by molar-refractivity contribution is -0.121. The number of hydrogen-bond acceptors (Lipinski definition) is 5. The minimum Gasteiger partial charge on any atom is -0.355 e. The van der Waals surface area contributed by atoms with Crippen molar-refractivity contribution in [1.82, 2.24) is 15.2 Å². The van der Waals surface area contributed by atoms with E-state index in [1.54, 1.807) is 12.3 Å². The number of anilines is 1. The molecule has 0 aromatic carbocycles. The van der Waals surface area contributed by atoms with Crippen molar-refractivity contribution in [3.05, 3.63) is 24.0 Å². The second kappa shape index (κ2) is 5.60. The molecular weight excluding hydrogens is 218 g/mol. The second-order valence-electron chi connectivity index (χ2n) is 4.09. The van der Waals surface area contributed by atoms with E-state index in [0.717, 1.165) is 30.9 Å². The Morgan fingerprint density at radius 1 is 1.59 bits per heavy atom. The molecule has 0 aliphatic carbocycles. The zero-order valence-corrected chi connectivity index (χ0v) is 9.65. The number of nitrogens with zero attached hydrogens (tertiary/aromatic N) is 2. The third-order valence-corrected chi connectivity index (χ3v) is 2.71. The summed E-state index contributed by atoms with van der Waals surface area (Å²) in [6.45, 7) is 2.76. The summed E-state index contributed by atoms with van der Waals surface area (Å²) >= 11 is 0. The highest BCUT2D eigenvalue weighted by atomic mass is 16.2. The standard InChI is InChI=1S/C11H17N5O/c12-15-9-2-4-13-10(6-9)7-16-5-1-3-14-11(17)8-16/h2,4,6H,1,3,5,7-8,12H2,(H,13,15)(H,14,17). The smallest absolute Gasteiger partial charge is 0.234 e. The van der Waals surface area contributed by atoms with Crippen molar-refractivity contribution in [1.29, 1.82) is 0 Å². The van der Waals surface area contributed by atoms with E-state index in [9.17, 15) is 4.79 Å². The molecule has 92 valence electrons. The number of hydrogen-bond donors (Lipinski definition) is 3. The first kappa shape index (κ1) is 11.8. The lowest BCUT2D eigenvalue weighted by Crippen LogP contribution is -2.32. The minimum atomic E-state index is 0.0793. The summed E-state index contributed by atoms with van der Waals surface area (Å²) in [5, 5.41) is 2.85. The van der Waals surface area contributed by atoms with Crippen LogP contribution in [0.15, 0.2) is 18.3 Å². The second-order valence-corrected chi connectivity index (χ2v) is 4.09. The van der Waals surface area contributed by atoms with Gasteiger partial charge in [-0.05, 0) is 18.6 Å². The summed E-state index contributed by atoms with van der Waals surface area (Å²) in [6, 6.07) is 3.70. The number of pyridine rings is 1. The van der Waals surface area contributed by atoms with Crippen LogP contribution in [0.25, 0.3) is 0 Å². The van der Waals surface area contributed by atoms with Gasteiger partial charge in [0, 0.05) is 25.8 Å². The fraction of sp³-hybridized carbons (Fsp3) is 0.455. The molecule has 0 bridgehead atoms. The van der Waals surface area contributed by atoms with E-state index in [0.29, 0.717) is 13.1 Å². The zero-order valence-electron chi connectivity index (χ0n) is 9.65. The Kier molecular flexibility index (Phi) is 3.89. The molecule has 1 saturated heterocycles. The van der Waals surface area contributed by atoms with Crippen LogP contribution in [0, 0.1) is 0 Å². The van der Waals surface area contributed by atoms with E-state index in [-0.39, 0.29) is 5.91 Å². The van der Waals surface area contributed by atoms with Crippen molar-refractivity contribution < 1.29 is 4.79 Å². The van der Waals surface area contributed by atoms with E-state index in [4.69, 9.17) is 5.84 Å². The van der Waals surface area contributed by atoms with Crippen LogP contribution >= 0.6 is 0 Å². The van der Waals surface area contributed by atoms with Gasteiger partial charge in [-0.3, -0.25) is 20.5 Å². The molecule has 1 fully saturated rings. The van der Waals surface area contributed by atoms with E-state index in [1.165, 1.54) is 0 Å². The quantitative estimate of drug-likeness (QED) is 0.494. The average molecular weight is 235 g/mol. The lowest BCUT2D eigenvalue weighted by atomic mass is 10.3. The van der Waals surface area contributed by atoms with Gasteiger partial charge in [0.1, 0.15) is 0 Å². The number of nitrogens with one attached hydrogen (secondary N) is 2. The maximum atomic E-state index is 11.4. The molecule has 6 heteroatoms. The summed E-state index contributed by atoms with van der Waals surface area (Å²) in [5.41, 5.74) is 4.33. The van der Waals surface area contributed by atoms with E-state index >= 15 is 0 Å². The van der Waals surface area contributed by atoms with Crippen molar-refractivity contribution in [2.45, 2.75) is 13.0 Å².